The van der Waals surface area contributed by atoms with Crippen molar-refractivity contribution in [1.82, 2.24) is 5.32 Å². The largest absolute Gasteiger partial charge is 0.311 e. The summed E-state index contributed by atoms with van der Waals surface area (Å²) in [5.74, 6) is 0.515. The maximum atomic E-state index is 6.14. The van der Waals surface area contributed by atoms with Crippen LogP contribution in [0.25, 0.3) is 0 Å². The van der Waals surface area contributed by atoms with Gasteiger partial charge in [-0.1, -0.05) is 41.9 Å². The van der Waals surface area contributed by atoms with Gasteiger partial charge in [0, 0.05) is 22.9 Å². The van der Waals surface area contributed by atoms with Gasteiger partial charge in [-0.15, -0.1) is 11.6 Å². The Morgan fingerprint density at radius 3 is 2.73 bits per heavy atom. The summed E-state index contributed by atoms with van der Waals surface area (Å²) in [5, 5.41) is 3.56. The first-order valence-corrected chi connectivity index (χ1v) is 6.41. The van der Waals surface area contributed by atoms with Crippen LogP contribution < -0.4 is 5.32 Å². The van der Waals surface area contributed by atoms with Gasteiger partial charge in [-0.3, -0.25) is 0 Å². The van der Waals surface area contributed by atoms with Crippen LogP contribution in [0.5, 0.6) is 0 Å². The third kappa shape index (κ3) is 5.01. The average molecular weight is 291 g/mol. The van der Waals surface area contributed by atoms with Gasteiger partial charge < -0.3 is 5.32 Å². The number of alkyl halides is 1. The molecule has 0 aliphatic heterocycles. The van der Waals surface area contributed by atoms with Gasteiger partial charge in [0.2, 0.25) is 0 Å². The van der Waals surface area contributed by atoms with Crippen molar-refractivity contribution < 1.29 is 0 Å². The predicted molar refractivity (Wildman–Crippen MR) is 70.3 cm³/mol. The number of halogens is 2. The molecule has 0 fully saturated rings. The maximum Gasteiger partial charge on any atom is 0.0483 e. The molecule has 0 aliphatic rings. The molecule has 0 bridgehead atoms. The summed E-state index contributed by atoms with van der Waals surface area (Å²) < 4.78 is 1.12. The molecule has 0 radical (unpaired) electrons. The molecular weight excluding hydrogens is 273 g/mol. The molecule has 84 valence electrons. The van der Waals surface area contributed by atoms with E-state index in [2.05, 4.69) is 47.2 Å². The van der Waals surface area contributed by atoms with Crippen molar-refractivity contribution in [2.75, 3.05) is 6.54 Å². The van der Waals surface area contributed by atoms with Gasteiger partial charge in [0.15, 0.2) is 0 Å². The van der Waals surface area contributed by atoms with Crippen LogP contribution in [0.15, 0.2) is 28.7 Å². The molecule has 15 heavy (non-hydrogen) atoms. The van der Waals surface area contributed by atoms with Crippen LogP contribution in [0, 0.1) is 5.92 Å². The third-order valence-corrected chi connectivity index (χ3v) is 3.43. The van der Waals surface area contributed by atoms with Gasteiger partial charge in [-0.25, -0.2) is 0 Å². The molecule has 0 saturated carbocycles. The second kappa shape index (κ2) is 6.51. The summed E-state index contributed by atoms with van der Waals surface area (Å²) in [5.41, 5.74) is 1.27. The summed E-state index contributed by atoms with van der Waals surface area (Å²) in [6.07, 6.45) is 0. The Morgan fingerprint density at radius 1 is 1.40 bits per heavy atom. The van der Waals surface area contributed by atoms with Crippen LogP contribution >= 0.6 is 27.5 Å². The molecule has 1 aromatic carbocycles. The van der Waals surface area contributed by atoms with Crippen molar-refractivity contribution in [3.8, 4) is 0 Å². The second-order valence-corrected chi connectivity index (χ2v) is 5.50. The highest BCUT2D eigenvalue weighted by atomic mass is 79.9. The van der Waals surface area contributed by atoms with E-state index in [4.69, 9.17) is 11.6 Å². The molecule has 1 aromatic rings. The molecular formula is C12H17BrClN. The molecule has 1 atom stereocenters. The Labute approximate surface area is 105 Å². The van der Waals surface area contributed by atoms with Crippen molar-refractivity contribution in [3.05, 3.63) is 34.3 Å². The number of benzene rings is 1. The Balaban J connectivity index is 2.32. The molecule has 1 nitrogen and oxygen atoms in total. The SMILES string of the molecule is CC(C)C(Cl)CNCc1cccc(Br)c1. The predicted octanol–water partition coefficient (Wildman–Crippen LogP) is 3.80. The second-order valence-electron chi connectivity index (χ2n) is 4.02. The lowest BCUT2D eigenvalue weighted by atomic mass is 10.1. The lowest BCUT2D eigenvalue weighted by Crippen LogP contribution is -2.26. The van der Waals surface area contributed by atoms with Gasteiger partial charge in [-0.2, -0.15) is 0 Å². The molecule has 0 aromatic heterocycles. The molecule has 3 heteroatoms. The van der Waals surface area contributed by atoms with E-state index in [1.54, 1.807) is 0 Å². The van der Waals surface area contributed by atoms with Crippen molar-refractivity contribution in [1.29, 1.82) is 0 Å². The number of hydrogen-bond donors (Lipinski definition) is 1. The van der Waals surface area contributed by atoms with Gasteiger partial charge in [-0.05, 0) is 23.6 Å². The fourth-order valence-electron chi connectivity index (χ4n) is 1.24. The summed E-state index contributed by atoms with van der Waals surface area (Å²) in [7, 11) is 0. The quantitative estimate of drug-likeness (QED) is 0.813. The number of rotatable bonds is 5. The van der Waals surface area contributed by atoms with Crippen molar-refractivity contribution in [3.63, 3.8) is 0 Å². The molecule has 1 rings (SSSR count). The molecule has 0 saturated heterocycles. The summed E-state index contributed by atoms with van der Waals surface area (Å²) >= 11 is 9.59. The Hall–Kier alpha value is -0.0500. The maximum absolute atomic E-state index is 6.14. The van der Waals surface area contributed by atoms with E-state index in [1.165, 1.54) is 5.56 Å². The minimum absolute atomic E-state index is 0.206. The fraction of sp³-hybridized carbons (Fsp3) is 0.500. The summed E-state index contributed by atoms with van der Waals surface area (Å²) in [4.78, 5) is 0. The first kappa shape index (κ1) is 13.0. The van der Waals surface area contributed by atoms with Crippen LogP contribution in [-0.2, 0) is 6.54 Å². The molecule has 1 N–H and O–H groups in total. The highest BCUT2D eigenvalue weighted by Gasteiger charge is 2.08. The van der Waals surface area contributed by atoms with Gasteiger partial charge in [0.05, 0.1) is 0 Å². The lowest BCUT2D eigenvalue weighted by Gasteiger charge is -2.14. The van der Waals surface area contributed by atoms with E-state index in [0.29, 0.717) is 5.92 Å². The highest BCUT2D eigenvalue weighted by molar-refractivity contribution is 9.10. The molecule has 0 aliphatic carbocycles. The fourth-order valence-corrected chi connectivity index (χ4v) is 1.79. The van der Waals surface area contributed by atoms with Crippen LogP contribution in [0.1, 0.15) is 19.4 Å². The Bertz CT molecular complexity index is 301. The smallest absolute Gasteiger partial charge is 0.0483 e. The average Bonchev–Trinajstić information content (AvgIpc) is 2.17. The van der Waals surface area contributed by atoms with Crippen molar-refractivity contribution in [2.45, 2.75) is 25.8 Å². The van der Waals surface area contributed by atoms with Gasteiger partial charge >= 0.3 is 0 Å². The van der Waals surface area contributed by atoms with Crippen LogP contribution in [0.2, 0.25) is 0 Å². The number of hydrogen-bond acceptors (Lipinski definition) is 1. The zero-order chi connectivity index (χ0) is 11.3. The highest BCUT2D eigenvalue weighted by Crippen LogP contribution is 2.12. The monoisotopic (exact) mass is 289 g/mol. The minimum Gasteiger partial charge on any atom is -0.311 e. The van der Waals surface area contributed by atoms with Crippen LogP contribution in [0.3, 0.4) is 0 Å². The number of nitrogens with one attached hydrogen (secondary N) is 1. The normalized spacial score (nSPS) is 13.1. The van der Waals surface area contributed by atoms with Crippen molar-refractivity contribution >= 4 is 27.5 Å². The summed E-state index contributed by atoms with van der Waals surface area (Å²) in [6, 6.07) is 8.30. The molecule has 0 heterocycles. The zero-order valence-corrected chi connectivity index (χ0v) is 11.5. The van der Waals surface area contributed by atoms with Crippen molar-refractivity contribution in [2.24, 2.45) is 5.92 Å². The van der Waals surface area contributed by atoms with E-state index in [-0.39, 0.29) is 5.38 Å². The van der Waals surface area contributed by atoms with Gasteiger partial charge in [0.1, 0.15) is 0 Å². The first-order valence-electron chi connectivity index (χ1n) is 5.19. The molecule has 0 spiro atoms. The van der Waals surface area contributed by atoms with E-state index in [0.717, 1.165) is 17.6 Å². The summed E-state index contributed by atoms with van der Waals surface area (Å²) in [6.45, 7) is 6.00. The van der Waals surface area contributed by atoms with E-state index >= 15 is 0 Å². The van der Waals surface area contributed by atoms with E-state index in [1.807, 2.05) is 12.1 Å². The first-order chi connectivity index (χ1) is 7.09. The van der Waals surface area contributed by atoms with E-state index < -0.39 is 0 Å². The Kier molecular flexibility index (Phi) is 5.65. The third-order valence-electron chi connectivity index (χ3n) is 2.28. The molecule has 1 unspecified atom stereocenters. The lowest BCUT2D eigenvalue weighted by molar-refractivity contribution is 0.546. The van der Waals surface area contributed by atoms with Crippen LogP contribution in [-0.4, -0.2) is 11.9 Å². The minimum atomic E-state index is 0.206. The van der Waals surface area contributed by atoms with Gasteiger partial charge in [0.25, 0.3) is 0 Å². The van der Waals surface area contributed by atoms with E-state index in [9.17, 15) is 0 Å². The Morgan fingerprint density at radius 2 is 2.13 bits per heavy atom. The standard InChI is InChI=1S/C12H17BrClN/c1-9(2)12(14)8-15-7-10-4-3-5-11(13)6-10/h3-6,9,12,15H,7-8H2,1-2H3. The zero-order valence-electron chi connectivity index (χ0n) is 9.13. The van der Waals surface area contributed by atoms with Crippen LogP contribution in [0.4, 0.5) is 0 Å². The molecule has 0 amide bonds. The topological polar surface area (TPSA) is 12.0 Å².